The van der Waals surface area contributed by atoms with Crippen molar-refractivity contribution < 1.29 is 17.9 Å². The van der Waals surface area contributed by atoms with E-state index in [4.69, 9.17) is 4.74 Å². The summed E-state index contributed by atoms with van der Waals surface area (Å²) >= 11 is 0. The number of methoxy groups -OCH3 is 1. The molecule has 1 aliphatic heterocycles. The maximum absolute atomic E-state index is 13.6. The van der Waals surface area contributed by atoms with E-state index >= 15 is 0 Å². The van der Waals surface area contributed by atoms with Crippen LogP contribution in [0.2, 0.25) is 0 Å². The first-order valence-electron chi connectivity index (χ1n) is 14.0. The zero-order chi connectivity index (χ0) is 28.5. The van der Waals surface area contributed by atoms with Crippen molar-refractivity contribution in [3.05, 3.63) is 101 Å². The van der Waals surface area contributed by atoms with Gasteiger partial charge >= 0.3 is 6.18 Å². The predicted molar refractivity (Wildman–Crippen MR) is 149 cm³/mol. The van der Waals surface area contributed by atoms with Crippen LogP contribution in [0.3, 0.4) is 0 Å². The van der Waals surface area contributed by atoms with Crippen molar-refractivity contribution in [1.82, 2.24) is 30.4 Å². The van der Waals surface area contributed by atoms with Gasteiger partial charge in [-0.3, -0.25) is 4.90 Å². The summed E-state index contributed by atoms with van der Waals surface area (Å²) in [5.41, 5.74) is 3.52. The van der Waals surface area contributed by atoms with Gasteiger partial charge in [0.15, 0.2) is 0 Å². The summed E-state index contributed by atoms with van der Waals surface area (Å²) in [6.07, 6.45) is -0.144. The van der Waals surface area contributed by atoms with Crippen molar-refractivity contribution in [3.63, 3.8) is 0 Å². The van der Waals surface area contributed by atoms with Crippen molar-refractivity contribution in [2.45, 2.75) is 55.9 Å². The molecule has 0 radical (unpaired) electrons. The summed E-state index contributed by atoms with van der Waals surface area (Å²) in [6.45, 7) is 2.14. The fourth-order valence-electron chi connectivity index (χ4n) is 6.70. The lowest BCUT2D eigenvalue weighted by Gasteiger charge is -2.48. The SMILES string of the molecule is COc1ccc(-n2nnnc2C(F)(F)F)cc1CN1CC(C(c2ccccc2)c2ccccc2)NC2(CCCC2)C1. The van der Waals surface area contributed by atoms with E-state index in [1.165, 1.54) is 24.0 Å². The molecule has 1 saturated heterocycles. The molecule has 0 bridgehead atoms. The number of ether oxygens (including phenoxy) is 1. The molecule has 1 aliphatic carbocycles. The lowest BCUT2D eigenvalue weighted by atomic mass is 9.80. The highest BCUT2D eigenvalue weighted by atomic mass is 19.4. The number of aromatic nitrogens is 4. The van der Waals surface area contributed by atoms with E-state index in [0.717, 1.165) is 36.2 Å². The molecule has 6 rings (SSSR count). The number of benzene rings is 3. The van der Waals surface area contributed by atoms with Gasteiger partial charge in [0.1, 0.15) is 5.75 Å². The van der Waals surface area contributed by atoms with E-state index < -0.39 is 12.0 Å². The van der Waals surface area contributed by atoms with Gasteiger partial charge in [0.05, 0.1) is 12.8 Å². The Bertz CT molecular complexity index is 1410. The standard InChI is InChI=1S/C31H33F3N6O/c1-41-27-15-14-25(40-29(31(32,33)34)36-37-38-40)18-24(27)19-39-20-26(35-30(21-39)16-8-9-17-30)28(22-10-4-2-5-11-22)23-12-6-3-7-13-23/h2-7,10-15,18,26,28,35H,8-9,16-17,19-21H2,1H3. The van der Waals surface area contributed by atoms with Crippen molar-refractivity contribution in [1.29, 1.82) is 0 Å². The number of hydrogen-bond acceptors (Lipinski definition) is 6. The lowest BCUT2D eigenvalue weighted by Crippen LogP contribution is -2.64. The first-order chi connectivity index (χ1) is 19.9. The molecule has 4 aromatic rings. The second-order valence-electron chi connectivity index (χ2n) is 11.1. The van der Waals surface area contributed by atoms with Crippen LogP contribution in [0.25, 0.3) is 5.69 Å². The van der Waals surface area contributed by atoms with Crippen LogP contribution in [0.1, 0.15) is 54.1 Å². The van der Waals surface area contributed by atoms with Gasteiger partial charge in [-0.2, -0.15) is 17.9 Å². The second kappa shape index (κ2) is 11.3. The average molecular weight is 563 g/mol. The third-order valence-corrected chi connectivity index (χ3v) is 8.38. The van der Waals surface area contributed by atoms with Crippen LogP contribution in [0.4, 0.5) is 13.2 Å². The van der Waals surface area contributed by atoms with E-state index in [1.54, 1.807) is 25.3 Å². The van der Waals surface area contributed by atoms with Gasteiger partial charge in [0, 0.05) is 42.7 Å². The summed E-state index contributed by atoms with van der Waals surface area (Å²) in [5, 5.41) is 14.2. The summed E-state index contributed by atoms with van der Waals surface area (Å²) in [6, 6.07) is 26.3. The zero-order valence-electron chi connectivity index (χ0n) is 22.9. The second-order valence-corrected chi connectivity index (χ2v) is 11.1. The Morgan fingerprint density at radius 1 is 0.976 bits per heavy atom. The number of nitrogens with zero attached hydrogens (tertiary/aromatic N) is 5. The maximum Gasteiger partial charge on any atom is 0.453 e. The first kappa shape index (κ1) is 27.4. The molecule has 1 unspecified atom stereocenters. The van der Waals surface area contributed by atoms with Crippen LogP contribution in [0.15, 0.2) is 78.9 Å². The molecule has 1 N–H and O–H groups in total. The molecule has 2 heterocycles. The van der Waals surface area contributed by atoms with Crippen molar-refractivity contribution >= 4 is 0 Å². The fraction of sp³-hybridized carbons (Fsp3) is 0.387. The monoisotopic (exact) mass is 562 g/mol. The third-order valence-electron chi connectivity index (χ3n) is 8.38. The molecule has 7 nitrogen and oxygen atoms in total. The summed E-state index contributed by atoms with van der Waals surface area (Å²) < 4.78 is 47.1. The van der Waals surface area contributed by atoms with Crippen molar-refractivity contribution in [3.8, 4) is 11.4 Å². The Labute approximate surface area is 237 Å². The molecule has 10 heteroatoms. The van der Waals surface area contributed by atoms with Gasteiger partial charge < -0.3 is 10.1 Å². The van der Waals surface area contributed by atoms with E-state index in [1.807, 2.05) is 12.1 Å². The molecule has 1 saturated carbocycles. The zero-order valence-corrected chi connectivity index (χ0v) is 22.9. The Balaban J connectivity index is 1.35. The molecule has 2 fully saturated rings. The van der Waals surface area contributed by atoms with Crippen LogP contribution in [-0.2, 0) is 12.7 Å². The maximum atomic E-state index is 13.6. The summed E-state index contributed by atoms with van der Waals surface area (Å²) in [5.74, 6) is -0.399. The largest absolute Gasteiger partial charge is 0.496 e. The highest BCUT2D eigenvalue weighted by molar-refractivity contribution is 5.44. The van der Waals surface area contributed by atoms with Crippen LogP contribution in [0, 0.1) is 0 Å². The quantitative estimate of drug-likeness (QED) is 0.316. The van der Waals surface area contributed by atoms with Gasteiger partial charge in [0.25, 0.3) is 5.82 Å². The van der Waals surface area contributed by atoms with Crippen LogP contribution in [-0.4, -0.2) is 56.9 Å². The molecule has 1 atom stereocenters. The molecule has 3 aromatic carbocycles. The van der Waals surface area contributed by atoms with Crippen LogP contribution in [0.5, 0.6) is 5.75 Å². The van der Waals surface area contributed by atoms with Crippen LogP contribution < -0.4 is 10.1 Å². The Morgan fingerprint density at radius 3 is 2.24 bits per heavy atom. The topological polar surface area (TPSA) is 68.1 Å². The molecule has 0 amide bonds. The number of nitrogens with one attached hydrogen (secondary N) is 1. The van der Waals surface area contributed by atoms with E-state index in [2.05, 4.69) is 74.3 Å². The number of piperazine rings is 1. The lowest BCUT2D eigenvalue weighted by molar-refractivity contribution is -0.146. The highest BCUT2D eigenvalue weighted by Crippen LogP contribution is 2.39. The van der Waals surface area contributed by atoms with Crippen molar-refractivity contribution in [2.75, 3.05) is 20.2 Å². The molecule has 1 spiro atoms. The Hall–Kier alpha value is -3.76. The highest BCUT2D eigenvalue weighted by Gasteiger charge is 2.44. The molecule has 2 aliphatic rings. The summed E-state index contributed by atoms with van der Waals surface area (Å²) in [7, 11) is 1.58. The molecule has 214 valence electrons. The number of hydrogen-bond donors (Lipinski definition) is 1. The predicted octanol–water partition coefficient (Wildman–Crippen LogP) is 5.61. The van der Waals surface area contributed by atoms with E-state index in [9.17, 15) is 13.2 Å². The van der Waals surface area contributed by atoms with E-state index in [-0.39, 0.29) is 23.2 Å². The average Bonchev–Trinajstić information content (AvgIpc) is 3.65. The van der Waals surface area contributed by atoms with Crippen LogP contribution >= 0.6 is 0 Å². The van der Waals surface area contributed by atoms with Crippen molar-refractivity contribution in [2.24, 2.45) is 0 Å². The third kappa shape index (κ3) is 5.71. The molecular weight excluding hydrogens is 529 g/mol. The molecule has 1 aromatic heterocycles. The molecular formula is C31H33F3N6O. The van der Waals surface area contributed by atoms with Gasteiger partial charge in [-0.1, -0.05) is 73.5 Å². The van der Waals surface area contributed by atoms with Gasteiger partial charge in [-0.25, -0.2) is 0 Å². The molecule has 41 heavy (non-hydrogen) atoms. The first-order valence-corrected chi connectivity index (χ1v) is 14.0. The minimum Gasteiger partial charge on any atom is -0.496 e. The minimum absolute atomic E-state index is 0.0190. The van der Waals surface area contributed by atoms with Gasteiger partial charge in [-0.15, -0.1) is 5.10 Å². The minimum atomic E-state index is -4.67. The summed E-state index contributed by atoms with van der Waals surface area (Å²) in [4.78, 5) is 2.43. The number of rotatable bonds is 7. The number of tetrazole rings is 1. The normalized spacial score (nSPS) is 19.2. The smallest absolute Gasteiger partial charge is 0.453 e. The van der Waals surface area contributed by atoms with Gasteiger partial charge in [-0.05, 0) is 52.6 Å². The Kier molecular flexibility index (Phi) is 7.52. The van der Waals surface area contributed by atoms with E-state index in [0.29, 0.717) is 12.3 Å². The number of halogens is 3. The Morgan fingerprint density at radius 2 is 1.63 bits per heavy atom. The fourth-order valence-corrected chi connectivity index (χ4v) is 6.70. The number of alkyl halides is 3. The van der Waals surface area contributed by atoms with Gasteiger partial charge in [0.2, 0.25) is 0 Å².